The third-order valence-corrected chi connectivity index (χ3v) is 5.63. The number of thioether (sulfide) groups is 1. The zero-order valence-corrected chi connectivity index (χ0v) is 13.0. The Balaban J connectivity index is 1.89. The largest absolute Gasteiger partial charge is 0.271 e. The summed E-state index contributed by atoms with van der Waals surface area (Å²) in [4.78, 5) is 2.62. The summed E-state index contributed by atoms with van der Waals surface area (Å²) in [6, 6.07) is 12.8. The van der Waals surface area contributed by atoms with E-state index in [4.69, 9.17) is 5.84 Å². The molecular weight excluding hydrogens is 328 g/mol. The van der Waals surface area contributed by atoms with Crippen molar-refractivity contribution in [3.63, 3.8) is 0 Å². The van der Waals surface area contributed by atoms with E-state index in [0.717, 1.165) is 16.6 Å². The molecule has 0 aliphatic rings. The lowest BCUT2D eigenvalue weighted by molar-refractivity contribution is 0.579. The van der Waals surface area contributed by atoms with Crippen molar-refractivity contribution in [3.05, 3.63) is 51.1 Å². The molecule has 3 N–H and O–H groups in total. The van der Waals surface area contributed by atoms with E-state index >= 15 is 0 Å². The first kappa shape index (κ1) is 14.1. The number of thiophene rings is 1. The molecular formula is C13H15BrN2S2. The Bertz CT molecular complexity index is 474. The standard InChI is InChI=1S/C13H15BrN2S2/c14-12-5-1-2-6-13(12)18-9-10(16-15)8-11-4-3-7-17-11/h1-7,10,16H,8-9,15H2. The Morgan fingerprint density at radius 2 is 2.11 bits per heavy atom. The monoisotopic (exact) mass is 342 g/mol. The van der Waals surface area contributed by atoms with Gasteiger partial charge in [-0.05, 0) is 45.9 Å². The smallest absolute Gasteiger partial charge is 0.0352 e. The van der Waals surface area contributed by atoms with Crippen LogP contribution in [0.2, 0.25) is 0 Å². The summed E-state index contributed by atoms with van der Waals surface area (Å²) in [7, 11) is 0. The third kappa shape index (κ3) is 4.10. The quantitative estimate of drug-likeness (QED) is 0.477. The summed E-state index contributed by atoms with van der Waals surface area (Å²) in [5, 5.41) is 2.10. The fourth-order valence-electron chi connectivity index (χ4n) is 1.59. The maximum absolute atomic E-state index is 5.62. The van der Waals surface area contributed by atoms with Crippen molar-refractivity contribution in [1.82, 2.24) is 5.43 Å². The van der Waals surface area contributed by atoms with Crippen molar-refractivity contribution in [1.29, 1.82) is 0 Å². The van der Waals surface area contributed by atoms with Gasteiger partial charge >= 0.3 is 0 Å². The van der Waals surface area contributed by atoms with Crippen LogP contribution in [0.1, 0.15) is 4.88 Å². The van der Waals surface area contributed by atoms with Gasteiger partial charge in [-0.1, -0.05) is 18.2 Å². The molecule has 0 saturated heterocycles. The summed E-state index contributed by atoms with van der Waals surface area (Å²) in [6.07, 6.45) is 0.978. The first-order valence-corrected chi connectivity index (χ1v) is 8.31. The fraction of sp³-hybridized carbons (Fsp3) is 0.231. The molecule has 1 aromatic heterocycles. The molecule has 0 bridgehead atoms. The molecule has 1 atom stereocenters. The maximum atomic E-state index is 5.62. The van der Waals surface area contributed by atoms with Crippen molar-refractivity contribution in [2.24, 2.45) is 5.84 Å². The summed E-state index contributed by atoms with van der Waals surface area (Å²) in [5.74, 6) is 6.58. The lowest BCUT2D eigenvalue weighted by Crippen LogP contribution is -2.38. The summed E-state index contributed by atoms with van der Waals surface area (Å²) in [5.41, 5.74) is 2.90. The van der Waals surface area contributed by atoms with Gasteiger partial charge in [0.2, 0.25) is 0 Å². The number of nitrogens with one attached hydrogen (secondary N) is 1. The van der Waals surface area contributed by atoms with E-state index in [1.807, 2.05) is 17.8 Å². The van der Waals surface area contributed by atoms with E-state index in [2.05, 4.69) is 57.1 Å². The average Bonchev–Trinajstić information content (AvgIpc) is 2.89. The van der Waals surface area contributed by atoms with Crippen LogP contribution < -0.4 is 11.3 Å². The van der Waals surface area contributed by atoms with Crippen LogP contribution in [0.5, 0.6) is 0 Å². The van der Waals surface area contributed by atoms with Crippen molar-refractivity contribution >= 4 is 39.0 Å². The molecule has 5 heteroatoms. The predicted octanol–water partition coefficient (Wildman–Crippen LogP) is 3.68. The first-order valence-electron chi connectivity index (χ1n) is 5.65. The topological polar surface area (TPSA) is 38.0 Å². The molecule has 2 rings (SSSR count). The van der Waals surface area contributed by atoms with Gasteiger partial charge in [-0.2, -0.15) is 0 Å². The molecule has 0 fully saturated rings. The second-order valence-corrected chi connectivity index (χ2v) is 6.84. The second kappa shape index (κ2) is 7.31. The average molecular weight is 343 g/mol. The van der Waals surface area contributed by atoms with Gasteiger partial charge in [-0.3, -0.25) is 11.3 Å². The van der Waals surface area contributed by atoms with Gasteiger partial charge in [-0.25, -0.2) is 0 Å². The van der Waals surface area contributed by atoms with Crippen LogP contribution in [0, 0.1) is 0 Å². The van der Waals surface area contributed by atoms with Crippen LogP contribution >= 0.6 is 39.0 Å². The molecule has 0 spiro atoms. The Morgan fingerprint density at radius 1 is 1.28 bits per heavy atom. The molecule has 1 heterocycles. The van der Waals surface area contributed by atoms with Crippen molar-refractivity contribution < 1.29 is 0 Å². The minimum atomic E-state index is 0.292. The molecule has 0 saturated carbocycles. The molecule has 0 amide bonds. The van der Waals surface area contributed by atoms with Gasteiger partial charge in [-0.15, -0.1) is 23.1 Å². The molecule has 2 nitrogen and oxygen atoms in total. The zero-order chi connectivity index (χ0) is 12.8. The lowest BCUT2D eigenvalue weighted by Gasteiger charge is -2.14. The molecule has 1 aromatic carbocycles. The van der Waals surface area contributed by atoms with Gasteiger partial charge in [0.15, 0.2) is 0 Å². The van der Waals surface area contributed by atoms with Gasteiger partial charge in [0.05, 0.1) is 0 Å². The molecule has 18 heavy (non-hydrogen) atoms. The summed E-state index contributed by atoms with van der Waals surface area (Å²) >= 11 is 7.15. The fourth-order valence-corrected chi connectivity index (χ4v) is 3.98. The first-order chi connectivity index (χ1) is 8.79. The van der Waals surface area contributed by atoms with Crippen LogP contribution in [0.25, 0.3) is 0 Å². The van der Waals surface area contributed by atoms with E-state index in [-0.39, 0.29) is 0 Å². The van der Waals surface area contributed by atoms with Crippen LogP contribution in [-0.2, 0) is 6.42 Å². The molecule has 0 aliphatic carbocycles. The number of halogens is 1. The van der Waals surface area contributed by atoms with E-state index < -0.39 is 0 Å². The summed E-state index contributed by atoms with van der Waals surface area (Å²) < 4.78 is 1.14. The molecule has 96 valence electrons. The van der Waals surface area contributed by atoms with Gasteiger partial charge < -0.3 is 0 Å². The predicted molar refractivity (Wildman–Crippen MR) is 84.0 cm³/mol. The Hall–Kier alpha value is -0.330. The Labute approximate surface area is 124 Å². The maximum Gasteiger partial charge on any atom is 0.0352 e. The molecule has 2 aromatic rings. The number of hydrazine groups is 1. The molecule has 1 unspecified atom stereocenters. The molecule has 0 aliphatic heterocycles. The highest BCUT2D eigenvalue weighted by molar-refractivity contribution is 9.10. The van der Waals surface area contributed by atoms with Crippen molar-refractivity contribution in [2.45, 2.75) is 17.4 Å². The second-order valence-electron chi connectivity index (χ2n) is 3.89. The van der Waals surface area contributed by atoms with Crippen molar-refractivity contribution in [2.75, 3.05) is 5.75 Å². The Kier molecular flexibility index (Phi) is 5.72. The highest BCUT2D eigenvalue weighted by Gasteiger charge is 2.10. The van der Waals surface area contributed by atoms with E-state index in [1.165, 1.54) is 9.77 Å². The van der Waals surface area contributed by atoms with E-state index in [1.54, 1.807) is 11.3 Å². The van der Waals surface area contributed by atoms with E-state index in [0.29, 0.717) is 6.04 Å². The SMILES string of the molecule is NNC(CSc1ccccc1Br)Cc1cccs1. The minimum absolute atomic E-state index is 0.292. The summed E-state index contributed by atoms with van der Waals surface area (Å²) in [6.45, 7) is 0. The van der Waals surface area contributed by atoms with Crippen LogP contribution in [0.15, 0.2) is 51.1 Å². The normalized spacial score (nSPS) is 12.6. The minimum Gasteiger partial charge on any atom is -0.271 e. The van der Waals surface area contributed by atoms with Crippen LogP contribution in [0.4, 0.5) is 0 Å². The Morgan fingerprint density at radius 3 is 2.78 bits per heavy atom. The number of nitrogens with two attached hydrogens (primary N) is 1. The van der Waals surface area contributed by atoms with Gasteiger partial charge in [0.1, 0.15) is 0 Å². The molecule has 0 radical (unpaired) electrons. The third-order valence-electron chi connectivity index (χ3n) is 2.54. The van der Waals surface area contributed by atoms with Crippen molar-refractivity contribution in [3.8, 4) is 0 Å². The number of rotatable bonds is 6. The van der Waals surface area contributed by atoms with Gasteiger partial charge in [0, 0.05) is 26.0 Å². The van der Waals surface area contributed by atoms with Gasteiger partial charge in [0.25, 0.3) is 0 Å². The number of hydrogen-bond donors (Lipinski definition) is 2. The zero-order valence-electron chi connectivity index (χ0n) is 9.80. The van der Waals surface area contributed by atoms with Crippen LogP contribution in [-0.4, -0.2) is 11.8 Å². The highest BCUT2D eigenvalue weighted by Crippen LogP contribution is 2.28. The van der Waals surface area contributed by atoms with E-state index in [9.17, 15) is 0 Å². The lowest BCUT2D eigenvalue weighted by atomic mass is 10.2. The van der Waals surface area contributed by atoms with Crippen LogP contribution in [0.3, 0.4) is 0 Å². The highest BCUT2D eigenvalue weighted by atomic mass is 79.9. The number of hydrogen-bond acceptors (Lipinski definition) is 4. The number of benzene rings is 1.